The van der Waals surface area contributed by atoms with Crippen LogP contribution in [0.5, 0.6) is 5.75 Å². The van der Waals surface area contributed by atoms with Crippen molar-refractivity contribution in [1.29, 1.82) is 0 Å². The Labute approximate surface area is 198 Å². The molecule has 0 aliphatic rings. The van der Waals surface area contributed by atoms with Gasteiger partial charge in [-0.3, -0.25) is 14.4 Å². The van der Waals surface area contributed by atoms with Crippen molar-refractivity contribution in [1.82, 2.24) is 19.8 Å². The summed E-state index contributed by atoms with van der Waals surface area (Å²) in [6, 6.07) is 13.1. The number of nitrogens with zero attached hydrogens (tertiary/aromatic N) is 3. The molecule has 0 bridgehead atoms. The van der Waals surface area contributed by atoms with Crippen LogP contribution >= 0.6 is 0 Å². The molecule has 0 saturated carbocycles. The molecule has 0 radical (unpaired) electrons. The first-order valence-electron chi connectivity index (χ1n) is 10.9. The average Bonchev–Trinajstić information content (AvgIpc) is 3.40. The Morgan fingerprint density at radius 2 is 1.74 bits per heavy atom. The first kappa shape index (κ1) is 24.7. The molecule has 1 heterocycles. The van der Waals surface area contributed by atoms with Gasteiger partial charge in [-0.15, -0.1) is 0 Å². The van der Waals surface area contributed by atoms with Crippen LogP contribution in [0.15, 0.2) is 67.3 Å². The van der Waals surface area contributed by atoms with Gasteiger partial charge in [0.05, 0.1) is 12.9 Å². The molecule has 0 aliphatic carbocycles. The normalized spacial score (nSPS) is 11.5. The summed E-state index contributed by atoms with van der Waals surface area (Å²) >= 11 is 0. The lowest BCUT2D eigenvalue weighted by atomic mass is 10.0. The number of carbonyl (C=O) groups excluding carboxylic acids is 3. The predicted octanol–water partition coefficient (Wildman–Crippen LogP) is 1.77. The van der Waals surface area contributed by atoms with E-state index in [1.807, 2.05) is 35.0 Å². The molecule has 9 nitrogen and oxygen atoms in total. The molecule has 0 spiro atoms. The van der Waals surface area contributed by atoms with E-state index in [0.29, 0.717) is 12.2 Å². The molecule has 178 valence electrons. The monoisotopic (exact) mass is 464 g/mol. The molecule has 1 aromatic heterocycles. The van der Waals surface area contributed by atoms with E-state index >= 15 is 0 Å². The fourth-order valence-corrected chi connectivity index (χ4v) is 3.49. The SMILES string of the molecule is CNC(=O)C(C(=O)CO)N(C)C(=O)c1ccc(-c2ccc(OCCCn3ccnc3)cc2)cc1. The lowest BCUT2D eigenvalue weighted by molar-refractivity contribution is -0.135. The molecule has 9 heteroatoms. The molecule has 2 amide bonds. The molecule has 34 heavy (non-hydrogen) atoms. The Hall–Kier alpha value is -3.98. The molecule has 3 aromatic rings. The van der Waals surface area contributed by atoms with E-state index in [0.717, 1.165) is 34.7 Å². The summed E-state index contributed by atoms with van der Waals surface area (Å²) in [5, 5.41) is 11.5. The van der Waals surface area contributed by atoms with E-state index in [1.165, 1.54) is 14.1 Å². The first-order valence-corrected chi connectivity index (χ1v) is 10.9. The van der Waals surface area contributed by atoms with Crippen LogP contribution in [0.1, 0.15) is 16.8 Å². The Morgan fingerprint density at radius 1 is 1.09 bits per heavy atom. The second-order valence-corrected chi connectivity index (χ2v) is 7.66. The number of amides is 2. The summed E-state index contributed by atoms with van der Waals surface area (Å²) in [5.74, 6) is -1.13. The highest BCUT2D eigenvalue weighted by atomic mass is 16.5. The minimum absolute atomic E-state index is 0.323. The number of ether oxygens (including phenoxy) is 1. The van der Waals surface area contributed by atoms with Crippen molar-refractivity contribution in [3.05, 3.63) is 72.8 Å². The molecular weight excluding hydrogens is 436 g/mol. The first-order chi connectivity index (χ1) is 16.4. The lowest BCUT2D eigenvalue weighted by Crippen LogP contribution is -2.52. The lowest BCUT2D eigenvalue weighted by Gasteiger charge is -2.25. The van der Waals surface area contributed by atoms with Gasteiger partial charge in [0.2, 0.25) is 5.91 Å². The number of aromatic nitrogens is 2. The molecule has 1 unspecified atom stereocenters. The maximum atomic E-state index is 12.8. The van der Waals surface area contributed by atoms with Crippen molar-refractivity contribution in [3.63, 3.8) is 0 Å². The van der Waals surface area contributed by atoms with Gasteiger partial charge in [0.1, 0.15) is 12.4 Å². The van der Waals surface area contributed by atoms with Crippen LogP contribution in [0.2, 0.25) is 0 Å². The van der Waals surface area contributed by atoms with Crippen LogP contribution in [0.3, 0.4) is 0 Å². The van der Waals surface area contributed by atoms with Gasteiger partial charge in [-0.2, -0.15) is 0 Å². The quantitative estimate of drug-likeness (QED) is 0.330. The number of rotatable bonds is 11. The van der Waals surface area contributed by atoms with Crippen LogP contribution in [0.4, 0.5) is 0 Å². The highest BCUT2D eigenvalue weighted by Crippen LogP contribution is 2.23. The summed E-state index contributed by atoms with van der Waals surface area (Å²) in [4.78, 5) is 41.9. The Bertz CT molecular complexity index is 1080. The van der Waals surface area contributed by atoms with Gasteiger partial charge in [0, 0.05) is 38.6 Å². The highest BCUT2D eigenvalue weighted by molar-refractivity contribution is 6.10. The molecule has 0 aliphatic heterocycles. The van der Waals surface area contributed by atoms with E-state index < -0.39 is 30.2 Å². The van der Waals surface area contributed by atoms with Gasteiger partial charge >= 0.3 is 0 Å². The minimum Gasteiger partial charge on any atom is -0.494 e. The molecule has 1 atom stereocenters. The molecule has 2 N–H and O–H groups in total. The van der Waals surface area contributed by atoms with Crippen molar-refractivity contribution in [2.45, 2.75) is 19.0 Å². The van der Waals surface area contributed by atoms with E-state index in [9.17, 15) is 14.4 Å². The molecule has 0 fully saturated rings. The van der Waals surface area contributed by atoms with Gasteiger partial charge in [-0.1, -0.05) is 24.3 Å². The van der Waals surface area contributed by atoms with Crippen LogP contribution in [0, 0.1) is 0 Å². The standard InChI is InChI=1S/C25H28N4O5/c1-26-24(32)23(22(31)16-30)28(2)25(33)20-6-4-18(5-7-20)19-8-10-21(11-9-19)34-15-3-13-29-14-12-27-17-29/h4-12,14,17,23,30H,3,13,15-16H2,1-2H3,(H,26,32). The van der Waals surface area contributed by atoms with Crippen LogP contribution in [-0.2, 0) is 16.1 Å². The van der Waals surface area contributed by atoms with Gasteiger partial charge in [-0.25, -0.2) is 4.98 Å². The zero-order chi connectivity index (χ0) is 24.5. The number of hydrogen-bond donors (Lipinski definition) is 2. The fourth-order valence-electron chi connectivity index (χ4n) is 3.49. The predicted molar refractivity (Wildman–Crippen MR) is 126 cm³/mol. The summed E-state index contributed by atoms with van der Waals surface area (Å²) in [6.07, 6.45) is 6.31. The van der Waals surface area contributed by atoms with Crippen molar-refractivity contribution in [2.24, 2.45) is 0 Å². The number of carbonyl (C=O) groups is 3. The third-order valence-electron chi connectivity index (χ3n) is 5.37. The van der Waals surface area contributed by atoms with Crippen LogP contribution < -0.4 is 10.1 Å². The van der Waals surface area contributed by atoms with Crippen molar-refractivity contribution >= 4 is 17.6 Å². The number of benzene rings is 2. The number of likely N-dealkylation sites (N-methyl/N-ethyl adjacent to an activating group) is 2. The number of aliphatic hydroxyl groups is 1. The number of ketones is 1. The molecular formula is C25H28N4O5. The smallest absolute Gasteiger partial charge is 0.254 e. The Morgan fingerprint density at radius 3 is 2.29 bits per heavy atom. The Balaban J connectivity index is 1.60. The average molecular weight is 465 g/mol. The number of nitrogens with one attached hydrogen (secondary N) is 1. The summed E-state index contributed by atoms with van der Waals surface area (Å²) in [7, 11) is 2.73. The number of Topliss-reactive ketones (excluding diaryl/α,β-unsaturated/α-hetero) is 1. The second kappa shape index (κ2) is 11.8. The number of hydrogen-bond acceptors (Lipinski definition) is 6. The number of imidazole rings is 1. The van der Waals surface area contributed by atoms with Gasteiger partial charge in [0.25, 0.3) is 5.91 Å². The third-order valence-corrected chi connectivity index (χ3v) is 5.37. The van der Waals surface area contributed by atoms with Gasteiger partial charge in [-0.05, 0) is 41.8 Å². The van der Waals surface area contributed by atoms with Crippen LogP contribution in [0.25, 0.3) is 11.1 Å². The molecule has 2 aromatic carbocycles. The minimum atomic E-state index is -1.39. The van der Waals surface area contributed by atoms with Gasteiger partial charge in [0.15, 0.2) is 11.8 Å². The summed E-state index contributed by atoms with van der Waals surface area (Å²) in [5.41, 5.74) is 2.18. The van der Waals surface area contributed by atoms with Crippen molar-refractivity contribution in [3.8, 4) is 16.9 Å². The fraction of sp³-hybridized carbons (Fsp3) is 0.280. The maximum Gasteiger partial charge on any atom is 0.254 e. The van der Waals surface area contributed by atoms with E-state index in [2.05, 4.69) is 10.3 Å². The highest BCUT2D eigenvalue weighted by Gasteiger charge is 2.32. The number of aryl methyl sites for hydroxylation is 1. The van der Waals surface area contributed by atoms with Crippen LogP contribution in [-0.4, -0.2) is 70.5 Å². The van der Waals surface area contributed by atoms with E-state index in [-0.39, 0.29) is 0 Å². The number of aliphatic hydroxyl groups excluding tert-OH is 1. The van der Waals surface area contributed by atoms with E-state index in [1.54, 1.807) is 36.8 Å². The zero-order valence-electron chi connectivity index (χ0n) is 19.2. The van der Waals surface area contributed by atoms with Crippen molar-refractivity contribution in [2.75, 3.05) is 27.3 Å². The zero-order valence-corrected chi connectivity index (χ0v) is 19.2. The summed E-state index contributed by atoms with van der Waals surface area (Å²) < 4.78 is 7.79. The Kier molecular flexibility index (Phi) is 8.53. The second-order valence-electron chi connectivity index (χ2n) is 7.66. The molecule has 3 rings (SSSR count). The maximum absolute atomic E-state index is 12.8. The topological polar surface area (TPSA) is 114 Å². The van der Waals surface area contributed by atoms with Gasteiger partial charge < -0.3 is 24.6 Å². The molecule has 0 saturated heterocycles. The largest absolute Gasteiger partial charge is 0.494 e. The summed E-state index contributed by atoms with van der Waals surface area (Å²) in [6.45, 7) is 0.604. The van der Waals surface area contributed by atoms with E-state index in [4.69, 9.17) is 9.84 Å². The van der Waals surface area contributed by atoms with Crippen molar-refractivity contribution < 1.29 is 24.2 Å². The third kappa shape index (κ3) is 6.08.